The van der Waals surface area contributed by atoms with Crippen LogP contribution < -0.4 is 14.4 Å². The van der Waals surface area contributed by atoms with Gasteiger partial charge in [-0.15, -0.1) is 0 Å². The highest BCUT2D eigenvalue weighted by molar-refractivity contribution is 7.22. The quantitative estimate of drug-likeness (QED) is 0.471. The molecule has 0 radical (unpaired) electrons. The van der Waals surface area contributed by atoms with E-state index in [1.807, 2.05) is 79.7 Å². The van der Waals surface area contributed by atoms with Crippen molar-refractivity contribution in [3.63, 3.8) is 0 Å². The number of ether oxygens (including phenoxy) is 2. The van der Waals surface area contributed by atoms with Gasteiger partial charge in [0.05, 0.1) is 16.8 Å². The number of hydrogen-bond acceptors (Lipinski definition) is 5. The highest BCUT2D eigenvalue weighted by Crippen LogP contribution is 2.34. The van der Waals surface area contributed by atoms with Crippen LogP contribution in [0.4, 0.5) is 5.13 Å². The van der Waals surface area contributed by atoms with E-state index in [9.17, 15) is 4.79 Å². The standard InChI is InChI=1S/C24H20N2O3S/c1-16-8-7-13-21-22(16)25-24(30-21)26(14-17-9-3-2-4-10-17)23(27)20-15-28-18-11-5-6-12-19(18)29-20/h2-13,20H,14-15H2,1H3/t20-/m0/s1. The molecule has 30 heavy (non-hydrogen) atoms. The van der Waals surface area contributed by atoms with Crippen molar-refractivity contribution >= 4 is 32.6 Å². The molecule has 0 fully saturated rings. The summed E-state index contributed by atoms with van der Waals surface area (Å²) in [6.45, 7) is 2.62. The van der Waals surface area contributed by atoms with Crippen LogP contribution in [0.25, 0.3) is 10.2 Å². The van der Waals surface area contributed by atoms with E-state index in [4.69, 9.17) is 14.5 Å². The van der Waals surface area contributed by atoms with Gasteiger partial charge in [0.25, 0.3) is 5.91 Å². The first-order valence-corrected chi connectivity index (χ1v) is 10.6. The molecular weight excluding hydrogens is 396 g/mol. The van der Waals surface area contributed by atoms with Gasteiger partial charge in [0, 0.05) is 0 Å². The van der Waals surface area contributed by atoms with Gasteiger partial charge in [-0.25, -0.2) is 4.98 Å². The fourth-order valence-electron chi connectivity index (χ4n) is 3.51. The fourth-order valence-corrected chi connectivity index (χ4v) is 4.56. The van der Waals surface area contributed by atoms with E-state index in [2.05, 4.69) is 0 Å². The molecule has 5 rings (SSSR count). The van der Waals surface area contributed by atoms with E-state index in [1.165, 1.54) is 11.3 Å². The minimum absolute atomic E-state index is 0.162. The lowest BCUT2D eigenvalue weighted by Crippen LogP contribution is -2.46. The van der Waals surface area contributed by atoms with E-state index >= 15 is 0 Å². The number of nitrogens with zero attached hydrogens (tertiary/aromatic N) is 2. The van der Waals surface area contributed by atoms with Gasteiger partial charge in [0.2, 0.25) is 6.10 Å². The topological polar surface area (TPSA) is 51.7 Å². The zero-order valence-electron chi connectivity index (χ0n) is 16.4. The van der Waals surface area contributed by atoms with Gasteiger partial charge in [-0.2, -0.15) is 0 Å². The van der Waals surface area contributed by atoms with Gasteiger partial charge < -0.3 is 9.47 Å². The second-order valence-corrected chi connectivity index (χ2v) is 8.20. The molecule has 1 aromatic heterocycles. The van der Waals surface area contributed by atoms with Gasteiger partial charge >= 0.3 is 0 Å². The fraction of sp³-hybridized carbons (Fsp3) is 0.167. The molecule has 0 spiro atoms. The smallest absolute Gasteiger partial charge is 0.273 e. The number of carbonyl (C=O) groups is 1. The number of fused-ring (bicyclic) bond motifs is 2. The Morgan fingerprint density at radius 3 is 2.60 bits per heavy atom. The molecule has 0 bridgehead atoms. The molecule has 6 heteroatoms. The number of carbonyl (C=O) groups excluding carboxylic acids is 1. The minimum atomic E-state index is -0.725. The number of amides is 1. The first-order chi connectivity index (χ1) is 14.7. The summed E-state index contributed by atoms with van der Waals surface area (Å²) in [4.78, 5) is 20.1. The summed E-state index contributed by atoms with van der Waals surface area (Å²) in [7, 11) is 0. The zero-order valence-corrected chi connectivity index (χ0v) is 17.3. The number of thiazole rings is 1. The van der Waals surface area contributed by atoms with Gasteiger partial charge in [-0.3, -0.25) is 9.69 Å². The Morgan fingerprint density at radius 1 is 1.03 bits per heavy atom. The van der Waals surface area contributed by atoms with Crippen molar-refractivity contribution in [1.82, 2.24) is 4.98 Å². The molecule has 1 aliphatic rings. The van der Waals surface area contributed by atoms with Crippen molar-refractivity contribution in [2.24, 2.45) is 0 Å². The van der Waals surface area contributed by atoms with Crippen molar-refractivity contribution in [1.29, 1.82) is 0 Å². The van der Waals surface area contributed by atoms with Crippen molar-refractivity contribution in [2.75, 3.05) is 11.5 Å². The third kappa shape index (κ3) is 3.50. The molecule has 2 heterocycles. The maximum Gasteiger partial charge on any atom is 0.273 e. The normalized spacial score (nSPS) is 15.2. The summed E-state index contributed by atoms with van der Waals surface area (Å²) in [5.41, 5.74) is 3.04. The Bertz CT molecular complexity index is 1210. The number of anilines is 1. The van der Waals surface area contributed by atoms with Crippen LogP contribution in [0, 0.1) is 6.92 Å². The molecule has 150 valence electrons. The summed E-state index contributed by atoms with van der Waals surface area (Å²) in [5.74, 6) is 1.08. The van der Waals surface area contributed by atoms with E-state index in [0.717, 1.165) is 21.3 Å². The average Bonchev–Trinajstić information content (AvgIpc) is 3.23. The maximum absolute atomic E-state index is 13.6. The van der Waals surface area contributed by atoms with E-state index in [-0.39, 0.29) is 12.5 Å². The monoisotopic (exact) mass is 416 g/mol. The molecule has 0 saturated heterocycles. The Kier molecular flexibility index (Phi) is 4.85. The SMILES string of the molecule is Cc1cccc2sc(N(Cc3ccccc3)C(=O)[C@@H]3COc4ccccc4O3)nc12. The molecule has 1 atom stereocenters. The molecule has 0 unspecified atom stereocenters. The van der Waals surface area contributed by atoms with Crippen LogP contribution in [0.15, 0.2) is 72.8 Å². The third-order valence-electron chi connectivity index (χ3n) is 5.07. The number of hydrogen-bond donors (Lipinski definition) is 0. The Labute approximate surface area is 178 Å². The van der Waals surface area contributed by atoms with Gasteiger partial charge in [-0.05, 0) is 36.2 Å². The lowest BCUT2D eigenvalue weighted by molar-refractivity contribution is -0.127. The maximum atomic E-state index is 13.6. The van der Waals surface area contributed by atoms with Gasteiger partial charge in [0.15, 0.2) is 16.6 Å². The number of aryl methyl sites for hydroxylation is 1. The summed E-state index contributed by atoms with van der Waals surface area (Å²) < 4.78 is 12.8. The minimum Gasteiger partial charge on any atom is -0.485 e. The van der Waals surface area contributed by atoms with Crippen LogP contribution in [-0.2, 0) is 11.3 Å². The Balaban J connectivity index is 1.50. The van der Waals surface area contributed by atoms with Crippen LogP contribution in [-0.4, -0.2) is 23.6 Å². The highest BCUT2D eigenvalue weighted by Gasteiger charge is 2.33. The highest BCUT2D eigenvalue weighted by atomic mass is 32.1. The first kappa shape index (κ1) is 18.6. The van der Waals surface area contributed by atoms with Crippen LogP contribution in [0.5, 0.6) is 11.5 Å². The molecule has 5 nitrogen and oxygen atoms in total. The van der Waals surface area contributed by atoms with E-state index < -0.39 is 6.10 Å². The largest absolute Gasteiger partial charge is 0.485 e. The summed E-state index contributed by atoms with van der Waals surface area (Å²) in [5, 5.41) is 0.663. The van der Waals surface area contributed by atoms with Crippen LogP contribution in [0.2, 0.25) is 0 Å². The summed E-state index contributed by atoms with van der Waals surface area (Å²) in [6.07, 6.45) is -0.725. The predicted molar refractivity (Wildman–Crippen MR) is 118 cm³/mol. The van der Waals surface area contributed by atoms with Crippen LogP contribution in [0.1, 0.15) is 11.1 Å². The third-order valence-corrected chi connectivity index (χ3v) is 6.12. The molecule has 0 saturated carbocycles. The lowest BCUT2D eigenvalue weighted by Gasteiger charge is -2.29. The Hall–Kier alpha value is -3.38. The molecular formula is C24H20N2O3S. The van der Waals surface area contributed by atoms with Gasteiger partial charge in [0.1, 0.15) is 6.61 Å². The van der Waals surface area contributed by atoms with Crippen LogP contribution >= 0.6 is 11.3 Å². The van der Waals surface area contributed by atoms with E-state index in [1.54, 1.807) is 4.90 Å². The predicted octanol–water partition coefficient (Wildman–Crippen LogP) is 4.98. The molecule has 4 aromatic rings. The first-order valence-electron chi connectivity index (χ1n) is 9.79. The molecule has 0 N–H and O–H groups in total. The van der Waals surface area contributed by atoms with Crippen molar-refractivity contribution in [3.8, 4) is 11.5 Å². The van der Waals surface area contributed by atoms with E-state index in [0.29, 0.717) is 23.2 Å². The lowest BCUT2D eigenvalue weighted by atomic mass is 10.2. The number of benzene rings is 3. The zero-order chi connectivity index (χ0) is 20.5. The van der Waals surface area contributed by atoms with Crippen molar-refractivity contribution < 1.29 is 14.3 Å². The van der Waals surface area contributed by atoms with Crippen molar-refractivity contribution in [3.05, 3.63) is 83.9 Å². The van der Waals surface area contributed by atoms with Gasteiger partial charge in [-0.1, -0.05) is 65.9 Å². The molecule has 1 aliphatic heterocycles. The van der Waals surface area contributed by atoms with Crippen LogP contribution in [0.3, 0.4) is 0 Å². The number of aromatic nitrogens is 1. The second kappa shape index (κ2) is 7.80. The average molecular weight is 417 g/mol. The number of para-hydroxylation sites is 3. The molecule has 0 aliphatic carbocycles. The van der Waals surface area contributed by atoms with Crippen molar-refractivity contribution in [2.45, 2.75) is 19.6 Å². The number of rotatable bonds is 4. The molecule has 1 amide bonds. The summed E-state index contributed by atoms with van der Waals surface area (Å²) in [6, 6.07) is 23.4. The Morgan fingerprint density at radius 2 is 1.80 bits per heavy atom. The second-order valence-electron chi connectivity index (χ2n) is 7.19. The summed E-state index contributed by atoms with van der Waals surface area (Å²) >= 11 is 1.51. The molecule has 3 aromatic carbocycles.